The Labute approximate surface area is 130 Å². The quantitative estimate of drug-likeness (QED) is 0.812. The van der Waals surface area contributed by atoms with Crippen molar-refractivity contribution in [1.82, 2.24) is 5.32 Å². The van der Waals surface area contributed by atoms with E-state index in [1.165, 1.54) is 44.9 Å². The van der Waals surface area contributed by atoms with Gasteiger partial charge in [-0.15, -0.1) is 0 Å². The molecule has 0 bridgehead atoms. The molecule has 1 nitrogen and oxygen atoms in total. The fraction of sp³-hybridized carbons (Fsp3) is 0.700. The van der Waals surface area contributed by atoms with Gasteiger partial charge in [-0.05, 0) is 61.8 Å². The van der Waals surface area contributed by atoms with Crippen LogP contribution in [0.4, 0.5) is 0 Å². The molecule has 0 aromatic heterocycles. The van der Waals surface area contributed by atoms with Crippen molar-refractivity contribution < 1.29 is 0 Å². The van der Waals surface area contributed by atoms with Gasteiger partial charge in [0.15, 0.2) is 0 Å². The van der Waals surface area contributed by atoms with E-state index < -0.39 is 0 Å². The molecular formula is C20H31N. The molecule has 0 heterocycles. The van der Waals surface area contributed by atoms with Crippen molar-refractivity contribution in [1.29, 1.82) is 0 Å². The largest absolute Gasteiger partial charge is 0.311 e. The van der Waals surface area contributed by atoms with Crippen molar-refractivity contribution in [3.8, 4) is 0 Å². The van der Waals surface area contributed by atoms with Crippen LogP contribution in [-0.2, 0) is 0 Å². The fourth-order valence-corrected chi connectivity index (χ4v) is 4.60. The van der Waals surface area contributed by atoms with Gasteiger partial charge in [0.1, 0.15) is 0 Å². The summed E-state index contributed by atoms with van der Waals surface area (Å²) >= 11 is 0. The van der Waals surface area contributed by atoms with Gasteiger partial charge in [-0.25, -0.2) is 0 Å². The third-order valence-corrected chi connectivity index (χ3v) is 5.97. The van der Waals surface area contributed by atoms with E-state index in [2.05, 4.69) is 49.5 Å². The Morgan fingerprint density at radius 2 is 1.43 bits per heavy atom. The molecule has 2 fully saturated rings. The highest BCUT2D eigenvalue weighted by Crippen LogP contribution is 2.35. The minimum atomic E-state index is 0.761. The van der Waals surface area contributed by atoms with Crippen LogP contribution in [0.1, 0.15) is 70.3 Å². The molecule has 116 valence electrons. The summed E-state index contributed by atoms with van der Waals surface area (Å²) in [7, 11) is 0. The highest BCUT2D eigenvalue weighted by Gasteiger charge is 2.31. The van der Waals surface area contributed by atoms with Gasteiger partial charge < -0.3 is 5.32 Å². The Morgan fingerprint density at radius 1 is 0.810 bits per heavy atom. The first-order valence-corrected chi connectivity index (χ1v) is 9.05. The first-order valence-electron chi connectivity index (χ1n) is 9.05. The third-order valence-electron chi connectivity index (χ3n) is 5.97. The highest BCUT2D eigenvalue weighted by atomic mass is 15.0. The maximum Gasteiger partial charge on any atom is 0.0121 e. The van der Waals surface area contributed by atoms with Gasteiger partial charge in [0.25, 0.3) is 0 Å². The SMILES string of the molecule is CC1CCCC(C)C1NC1CCC(c2ccccc2)CC1. The van der Waals surface area contributed by atoms with Gasteiger partial charge in [0, 0.05) is 12.1 Å². The van der Waals surface area contributed by atoms with E-state index in [0.29, 0.717) is 0 Å². The molecule has 2 aliphatic rings. The van der Waals surface area contributed by atoms with Crippen molar-refractivity contribution in [3.63, 3.8) is 0 Å². The molecule has 0 radical (unpaired) electrons. The lowest BCUT2D eigenvalue weighted by Crippen LogP contribution is -2.48. The van der Waals surface area contributed by atoms with E-state index in [4.69, 9.17) is 0 Å². The van der Waals surface area contributed by atoms with Crippen molar-refractivity contribution in [2.75, 3.05) is 0 Å². The van der Waals surface area contributed by atoms with Crippen LogP contribution in [0.5, 0.6) is 0 Å². The maximum atomic E-state index is 4.03. The first-order chi connectivity index (χ1) is 10.2. The van der Waals surface area contributed by atoms with E-state index in [9.17, 15) is 0 Å². The van der Waals surface area contributed by atoms with Crippen LogP contribution in [0, 0.1) is 11.8 Å². The molecule has 3 rings (SSSR count). The molecule has 0 saturated heterocycles. The van der Waals surface area contributed by atoms with Crippen molar-refractivity contribution in [2.45, 2.75) is 76.8 Å². The lowest BCUT2D eigenvalue weighted by atomic mass is 9.76. The van der Waals surface area contributed by atoms with Gasteiger partial charge >= 0.3 is 0 Å². The Morgan fingerprint density at radius 3 is 2.05 bits per heavy atom. The van der Waals surface area contributed by atoms with Crippen molar-refractivity contribution in [3.05, 3.63) is 35.9 Å². The number of hydrogen-bond donors (Lipinski definition) is 1. The fourth-order valence-electron chi connectivity index (χ4n) is 4.60. The van der Waals surface area contributed by atoms with E-state index >= 15 is 0 Å². The average molecular weight is 285 g/mol. The summed E-state index contributed by atoms with van der Waals surface area (Å²) in [5.74, 6) is 2.52. The first kappa shape index (κ1) is 15.1. The summed E-state index contributed by atoms with van der Waals surface area (Å²) < 4.78 is 0. The van der Waals surface area contributed by atoms with Crippen LogP contribution < -0.4 is 5.32 Å². The summed E-state index contributed by atoms with van der Waals surface area (Å²) in [6.45, 7) is 4.89. The minimum absolute atomic E-state index is 0.761. The molecule has 1 heteroatoms. The lowest BCUT2D eigenvalue weighted by molar-refractivity contribution is 0.176. The van der Waals surface area contributed by atoms with Crippen LogP contribution in [0.15, 0.2) is 30.3 Å². The molecule has 1 N–H and O–H groups in total. The van der Waals surface area contributed by atoms with Crippen LogP contribution >= 0.6 is 0 Å². The van der Waals surface area contributed by atoms with Gasteiger partial charge in [-0.1, -0.05) is 50.6 Å². The monoisotopic (exact) mass is 285 g/mol. The average Bonchev–Trinajstić information content (AvgIpc) is 2.53. The Kier molecular flexibility index (Phi) is 5.00. The van der Waals surface area contributed by atoms with Gasteiger partial charge in [0.2, 0.25) is 0 Å². The summed E-state index contributed by atoms with van der Waals surface area (Å²) in [6.07, 6.45) is 9.70. The number of nitrogens with one attached hydrogen (secondary N) is 1. The second-order valence-corrected chi connectivity index (χ2v) is 7.54. The molecule has 0 amide bonds. The summed E-state index contributed by atoms with van der Waals surface area (Å²) in [5, 5.41) is 4.03. The third kappa shape index (κ3) is 3.69. The molecule has 2 saturated carbocycles. The standard InChI is InChI=1S/C20H31N/c1-15-7-6-8-16(2)20(15)21-19-13-11-18(12-14-19)17-9-4-3-5-10-17/h3-5,9-10,15-16,18-21H,6-8,11-14H2,1-2H3. The topological polar surface area (TPSA) is 12.0 Å². The van der Waals surface area contributed by atoms with E-state index in [1.807, 2.05) is 0 Å². The summed E-state index contributed by atoms with van der Waals surface area (Å²) in [6, 6.07) is 12.6. The molecule has 0 spiro atoms. The lowest BCUT2D eigenvalue weighted by Gasteiger charge is -2.40. The molecule has 2 unspecified atom stereocenters. The van der Waals surface area contributed by atoms with Crippen molar-refractivity contribution in [2.24, 2.45) is 11.8 Å². The van der Waals surface area contributed by atoms with Crippen LogP contribution in [0.25, 0.3) is 0 Å². The van der Waals surface area contributed by atoms with Crippen molar-refractivity contribution >= 4 is 0 Å². The van der Waals surface area contributed by atoms with E-state index in [1.54, 1.807) is 5.56 Å². The Hall–Kier alpha value is -0.820. The minimum Gasteiger partial charge on any atom is -0.311 e. The normalized spacial score (nSPS) is 37.3. The molecule has 2 aliphatic carbocycles. The maximum absolute atomic E-state index is 4.03. The van der Waals surface area contributed by atoms with E-state index in [0.717, 1.165) is 29.8 Å². The molecular weight excluding hydrogens is 254 g/mol. The van der Waals surface area contributed by atoms with Gasteiger partial charge in [-0.3, -0.25) is 0 Å². The molecule has 0 aliphatic heterocycles. The zero-order valence-electron chi connectivity index (χ0n) is 13.7. The summed E-state index contributed by atoms with van der Waals surface area (Å²) in [5.41, 5.74) is 1.55. The predicted octanol–water partition coefficient (Wildman–Crippen LogP) is 5.13. The zero-order valence-corrected chi connectivity index (χ0v) is 13.7. The van der Waals surface area contributed by atoms with Crippen LogP contribution in [-0.4, -0.2) is 12.1 Å². The van der Waals surface area contributed by atoms with Crippen LogP contribution in [0.3, 0.4) is 0 Å². The van der Waals surface area contributed by atoms with Crippen LogP contribution in [0.2, 0.25) is 0 Å². The van der Waals surface area contributed by atoms with Gasteiger partial charge in [-0.2, -0.15) is 0 Å². The number of rotatable bonds is 3. The molecule has 1 aromatic carbocycles. The predicted molar refractivity (Wildman–Crippen MR) is 90.5 cm³/mol. The highest BCUT2D eigenvalue weighted by molar-refractivity contribution is 5.20. The summed E-state index contributed by atoms with van der Waals surface area (Å²) in [4.78, 5) is 0. The smallest absolute Gasteiger partial charge is 0.0121 e. The zero-order chi connectivity index (χ0) is 14.7. The Bertz CT molecular complexity index is 409. The number of benzene rings is 1. The Balaban J connectivity index is 1.52. The van der Waals surface area contributed by atoms with Gasteiger partial charge in [0.05, 0.1) is 0 Å². The number of hydrogen-bond acceptors (Lipinski definition) is 1. The van der Waals surface area contributed by atoms with E-state index in [-0.39, 0.29) is 0 Å². The second-order valence-electron chi connectivity index (χ2n) is 7.54. The molecule has 1 aromatic rings. The molecule has 21 heavy (non-hydrogen) atoms. The molecule has 2 atom stereocenters. The second kappa shape index (κ2) is 6.96.